The minimum absolute atomic E-state index is 0.00388. The summed E-state index contributed by atoms with van der Waals surface area (Å²) in [6.45, 7) is 3.55. The number of para-hydroxylation sites is 1. The van der Waals surface area contributed by atoms with Crippen molar-refractivity contribution in [2.45, 2.75) is 19.9 Å². The van der Waals surface area contributed by atoms with E-state index in [1.807, 2.05) is 0 Å². The Morgan fingerprint density at radius 2 is 1.71 bits per heavy atom. The summed E-state index contributed by atoms with van der Waals surface area (Å²) in [6, 6.07) is 11.7. The van der Waals surface area contributed by atoms with E-state index >= 15 is 0 Å². The summed E-state index contributed by atoms with van der Waals surface area (Å²) in [6.07, 6.45) is 0. The van der Waals surface area contributed by atoms with Gasteiger partial charge in [0.2, 0.25) is 0 Å². The van der Waals surface area contributed by atoms with E-state index in [-0.39, 0.29) is 30.8 Å². The molecule has 2 aromatic rings. The number of hydrogen-bond donors (Lipinski definition) is 1. The molecule has 6 nitrogen and oxygen atoms in total. The van der Waals surface area contributed by atoms with Gasteiger partial charge in [0, 0.05) is 5.56 Å². The zero-order chi connectivity index (χ0) is 20.5. The average molecular weight is 389 g/mol. The SMILES string of the molecule is COc1ccc(C(=O)N[C@H](C(=O)OCCOc2ccccc2F)C(C)C)cc1. The molecule has 1 N–H and O–H groups in total. The van der Waals surface area contributed by atoms with Crippen LogP contribution in [0.2, 0.25) is 0 Å². The van der Waals surface area contributed by atoms with Crippen LogP contribution in [0.25, 0.3) is 0 Å². The highest BCUT2D eigenvalue weighted by molar-refractivity contribution is 5.96. The van der Waals surface area contributed by atoms with E-state index in [9.17, 15) is 14.0 Å². The topological polar surface area (TPSA) is 73.9 Å². The summed E-state index contributed by atoms with van der Waals surface area (Å²) in [5, 5.41) is 2.68. The molecule has 0 heterocycles. The zero-order valence-electron chi connectivity index (χ0n) is 16.1. The highest BCUT2D eigenvalue weighted by Crippen LogP contribution is 2.15. The average Bonchev–Trinajstić information content (AvgIpc) is 2.70. The summed E-state index contributed by atoms with van der Waals surface area (Å²) in [4.78, 5) is 24.7. The number of hydrogen-bond acceptors (Lipinski definition) is 5. The third-order valence-corrected chi connectivity index (χ3v) is 3.98. The molecule has 1 atom stereocenters. The molecule has 2 aromatic carbocycles. The smallest absolute Gasteiger partial charge is 0.329 e. The molecule has 0 saturated heterocycles. The second kappa shape index (κ2) is 10.3. The maximum Gasteiger partial charge on any atom is 0.329 e. The third kappa shape index (κ3) is 5.97. The summed E-state index contributed by atoms with van der Waals surface area (Å²) in [7, 11) is 1.54. The van der Waals surface area contributed by atoms with Gasteiger partial charge in [-0.1, -0.05) is 26.0 Å². The number of ether oxygens (including phenoxy) is 3. The van der Waals surface area contributed by atoms with Crippen molar-refractivity contribution in [1.29, 1.82) is 0 Å². The third-order valence-electron chi connectivity index (χ3n) is 3.98. The Balaban J connectivity index is 1.86. The van der Waals surface area contributed by atoms with Gasteiger partial charge in [-0.2, -0.15) is 0 Å². The van der Waals surface area contributed by atoms with Crippen LogP contribution in [0.5, 0.6) is 11.5 Å². The number of nitrogens with one attached hydrogen (secondary N) is 1. The van der Waals surface area contributed by atoms with Crippen molar-refractivity contribution < 1.29 is 28.2 Å². The molecule has 2 rings (SSSR count). The van der Waals surface area contributed by atoms with Gasteiger partial charge in [-0.05, 0) is 42.3 Å². The highest BCUT2D eigenvalue weighted by atomic mass is 19.1. The molecule has 1 amide bonds. The van der Waals surface area contributed by atoms with Crippen LogP contribution in [-0.4, -0.2) is 38.2 Å². The summed E-state index contributed by atoms with van der Waals surface area (Å²) < 4.78 is 29.0. The standard InChI is InChI=1S/C21H24FNO5/c1-14(2)19(23-20(24)15-8-10-16(26-3)11-9-15)21(25)28-13-12-27-18-7-5-4-6-17(18)22/h4-11,14,19H,12-13H2,1-3H3,(H,23,24)/t19-/m0/s1. The Labute approximate surface area is 163 Å². The molecule has 0 unspecified atom stereocenters. The van der Waals surface area contributed by atoms with Gasteiger partial charge in [0.25, 0.3) is 5.91 Å². The first-order valence-electron chi connectivity index (χ1n) is 8.91. The lowest BCUT2D eigenvalue weighted by atomic mass is 10.0. The van der Waals surface area contributed by atoms with E-state index in [2.05, 4.69) is 5.32 Å². The molecule has 28 heavy (non-hydrogen) atoms. The first kappa shape index (κ1) is 21.2. The molecule has 0 aliphatic rings. The molecular weight excluding hydrogens is 365 g/mol. The van der Waals surface area contributed by atoms with Gasteiger partial charge in [-0.3, -0.25) is 4.79 Å². The minimum atomic E-state index is -0.817. The molecular formula is C21H24FNO5. The zero-order valence-corrected chi connectivity index (χ0v) is 16.1. The number of carbonyl (C=O) groups excluding carboxylic acids is 2. The lowest BCUT2D eigenvalue weighted by Crippen LogP contribution is -2.45. The number of esters is 1. The molecule has 0 bridgehead atoms. The predicted octanol–water partition coefficient (Wildman–Crippen LogP) is 3.21. The maximum absolute atomic E-state index is 13.5. The quantitative estimate of drug-likeness (QED) is 0.527. The van der Waals surface area contributed by atoms with E-state index in [0.29, 0.717) is 11.3 Å². The van der Waals surface area contributed by atoms with Crippen LogP contribution in [-0.2, 0) is 9.53 Å². The summed E-state index contributed by atoms with van der Waals surface area (Å²) >= 11 is 0. The van der Waals surface area contributed by atoms with Crippen LogP contribution in [0.3, 0.4) is 0 Å². The molecule has 0 fully saturated rings. The first-order valence-corrected chi connectivity index (χ1v) is 8.91. The van der Waals surface area contributed by atoms with Crippen LogP contribution >= 0.6 is 0 Å². The fourth-order valence-electron chi connectivity index (χ4n) is 2.41. The van der Waals surface area contributed by atoms with E-state index < -0.39 is 17.8 Å². The fourth-order valence-corrected chi connectivity index (χ4v) is 2.41. The Morgan fingerprint density at radius 3 is 2.32 bits per heavy atom. The molecule has 0 aliphatic carbocycles. The Hall–Kier alpha value is -3.09. The minimum Gasteiger partial charge on any atom is -0.497 e. The van der Waals surface area contributed by atoms with Gasteiger partial charge in [0.15, 0.2) is 11.6 Å². The van der Waals surface area contributed by atoms with Crippen molar-refractivity contribution in [3.8, 4) is 11.5 Å². The molecule has 0 radical (unpaired) electrons. The Morgan fingerprint density at radius 1 is 1.04 bits per heavy atom. The maximum atomic E-state index is 13.5. The van der Waals surface area contributed by atoms with Crippen molar-refractivity contribution in [2.75, 3.05) is 20.3 Å². The number of halogens is 1. The lowest BCUT2D eigenvalue weighted by Gasteiger charge is -2.21. The van der Waals surface area contributed by atoms with E-state index in [0.717, 1.165) is 0 Å². The largest absolute Gasteiger partial charge is 0.497 e. The monoisotopic (exact) mass is 389 g/mol. The molecule has 0 saturated carbocycles. The van der Waals surface area contributed by atoms with Gasteiger partial charge in [0.05, 0.1) is 7.11 Å². The van der Waals surface area contributed by atoms with Crippen LogP contribution < -0.4 is 14.8 Å². The van der Waals surface area contributed by atoms with E-state index in [1.54, 1.807) is 50.2 Å². The Kier molecular flexibility index (Phi) is 7.80. The van der Waals surface area contributed by atoms with Gasteiger partial charge in [-0.25, -0.2) is 9.18 Å². The van der Waals surface area contributed by atoms with Crippen LogP contribution in [0.1, 0.15) is 24.2 Å². The van der Waals surface area contributed by atoms with Gasteiger partial charge in [0.1, 0.15) is 25.0 Å². The van der Waals surface area contributed by atoms with Crippen molar-refractivity contribution in [1.82, 2.24) is 5.32 Å². The van der Waals surface area contributed by atoms with E-state index in [1.165, 1.54) is 19.2 Å². The lowest BCUT2D eigenvalue weighted by molar-refractivity contribution is -0.147. The van der Waals surface area contributed by atoms with Gasteiger partial charge >= 0.3 is 5.97 Å². The molecule has 0 spiro atoms. The van der Waals surface area contributed by atoms with Crippen LogP contribution in [0.4, 0.5) is 4.39 Å². The van der Waals surface area contributed by atoms with Crippen LogP contribution in [0.15, 0.2) is 48.5 Å². The fraction of sp³-hybridized carbons (Fsp3) is 0.333. The van der Waals surface area contributed by atoms with Crippen LogP contribution in [0, 0.1) is 11.7 Å². The number of amides is 1. The number of methoxy groups -OCH3 is 1. The van der Waals surface area contributed by atoms with Crippen molar-refractivity contribution >= 4 is 11.9 Å². The Bertz CT molecular complexity index is 792. The molecule has 7 heteroatoms. The van der Waals surface area contributed by atoms with Crippen molar-refractivity contribution in [2.24, 2.45) is 5.92 Å². The second-order valence-electron chi connectivity index (χ2n) is 6.37. The van der Waals surface area contributed by atoms with Crippen molar-refractivity contribution in [3.05, 3.63) is 59.9 Å². The number of carbonyl (C=O) groups is 2. The van der Waals surface area contributed by atoms with Gasteiger partial charge in [-0.15, -0.1) is 0 Å². The summed E-state index contributed by atoms with van der Waals surface area (Å²) in [5.41, 5.74) is 0.405. The molecule has 0 aliphatic heterocycles. The number of rotatable bonds is 9. The second-order valence-corrected chi connectivity index (χ2v) is 6.37. The normalized spacial score (nSPS) is 11.6. The van der Waals surface area contributed by atoms with Gasteiger partial charge < -0.3 is 19.5 Å². The summed E-state index contributed by atoms with van der Waals surface area (Å²) in [5.74, 6) is -0.907. The number of benzene rings is 2. The van der Waals surface area contributed by atoms with Crippen molar-refractivity contribution in [3.63, 3.8) is 0 Å². The first-order chi connectivity index (χ1) is 13.4. The molecule has 0 aromatic heterocycles. The molecule has 150 valence electrons. The highest BCUT2D eigenvalue weighted by Gasteiger charge is 2.26. The predicted molar refractivity (Wildman–Crippen MR) is 102 cm³/mol. The van der Waals surface area contributed by atoms with E-state index in [4.69, 9.17) is 14.2 Å².